The molecule has 6 heteroatoms. The molecule has 1 heterocycles. The number of aromatic nitrogens is 2. The zero-order valence-corrected chi connectivity index (χ0v) is 9.84. The highest BCUT2D eigenvalue weighted by atomic mass is 35.5. The first kappa shape index (κ1) is 12.2. The topological polar surface area (TPSA) is 52.1 Å². The molecule has 15 heavy (non-hydrogen) atoms. The first-order valence-corrected chi connectivity index (χ1v) is 5.04. The molecule has 0 aliphatic heterocycles. The van der Waals surface area contributed by atoms with Crippen LogP contribution in [0.2, 0.25) is 10.3 Å². The summed E-state index contributed by atoms with van der Waals surface area (Å²) in [7, 11) is 1.33. The van der Waals surface area contributed by atoms with E-state index < -0.39 is 0 Å². The van der Waals surface area contributed by atoms with Crippen LogP contribution in [0.3, 0.4) is 0 Å². The summed E-state index contributed by atoms with van der Waals surface area (Å²) in [5, 5.41) is 0.540. The molecule has 1 rings (SSSR count). The van der Waals surface area contributed by atoms with Crippen molar-refractivity contribution in [2.24, 2.45) is 0 Å². The van der Waals surface area contributed by atoms with Gasteiger partial charge in [-0.3, -0.25) is 4.79 Å². The van der Waals surface area contributed by atoms with Crippen LogP contribution in [-0.2, 0) is 9.53 Å². The molecule has 0 bridgehead atoms. The molecular formula is C9H10Cl2N2O2. The Bertz CT molecular complexity index is 351. The second-order valence-corrected chi connectivity index (χ2v) is 3.77. The molecule has 0 radical (unpaired) electrons. The Kier molecular flexibility index (Phi) is 4.29. The van der Waals surface area contributed by atoms with E-state index in [1.807, 2.05) is 6.92 Å². The minimum atomic E-state index is -0.321. The quantitative estimate of drug-likeness (QED) is 0.609. The van der Waals surface area contributed by atoms with Gasteiger partial charge in [-0.15, -0.1) is 0 Å². The van der Waals surface area contributed by atoms with Gasteiger partial charge in [-0.25, -0.2) is 9.97 Å². The smallest absolute Gasteiger partial charge is 0.306 e. The van der Waals surface area contributed by atoms with Crippen molar-refractivity contribution >= 4 is 29.2 Å². The Morgan fingerprint density at radius 1 is 1.47 bits per heavy atom. The highest BCUT2D eigenvalue weighted by Crippen LogP contribution is 2.30. The number of carbonyl (C=O) groups is 1. The number of nitrogens with zero attached hydrogens (tertiary/aromatic N) is 2. The zero-order valence-electron chi connectivity index (χ0n) is 8.33. The van der Waals surface area contributed by atoms with E-state index in [0.29, 0.717) is 5.56 Å². The van der Waals surface area contributed by atoms with E-state index >= 15 is 0 Å². The van der Waals surface area contributed by atoms with Crippen molar-refractivity contribution in [3.63, 3.8) is 0 Å². The standard InChI is InChI=1S/C9H10Cl2N2O2/c1-5(3-6(14)15-2)7-8(10)12-4-13-9(7)11/h4-5H,3H2,1-2H3/t5-/m0/s1. The summed E-state index contributed by atoms with van der Waals surface area (Å²) < 4.78 is 4.56. The summed E-state index contributed by atoms with van der Waals surface area (Å²) in [5.74, 6) is -0.489. The molecule has 0 spiro atoms. The second-order valence-electron chi connectivity index (χ2n) is 3.05. The summed E-state index contributed by atoms with van der Waals surface area (Å²) in [5.41, 5.74) is 0.575. The van der Waals surface area contributed by atoms with E-state index in [9.17, 15) is 4.79 Å². The van der Waals surface area contributed by atoms with Crippen LogP contribution in [0, 0.1) is 0 Å². The molecule has 0 fully saturated rings. The number of rotatable bonds is 3. The van der Waals surface area contributed by atoms with E-state index in [1.54, 1.807) is 0 Å². The van der Waals surface area contributed by atoms with Crippen LogP contribution in [0.1, 0.15) is 24.8 Å². The Morgan fingerprint density at radius 2 is 2.00 bits per heavy atom. The Labute approximate surface area is 97.6 Å². The number of esters is 1. The maximum absolute atomic E-state index is 11.1. The normalized spacial score (nSPS) is 12.3. The maximum Gasteiger partial charge on any atom is 0.306 e. The van der Waals surface area contributed by atoms with Crippen molar-refractivity contribution in [1.29, 1.82) is 0 Å². The third kappa shape index (κ3) is 3.04. The van der Waals surface area contributed by atoms with Gasteiger partial charge in [0.1, 0.15) is 16.6 Å². The van der Waals surface area contributed by atoms with Crippen molar-refractivity contribution in [1.82, 2.24) is 9.97 Å². The average molecular weight is 249 g/mol. The summed E-state index contributed by atoms with van der Waals surface area (Å²) >= 11 is 11.7. The molecule has 1 aromatic heterocycles. The van der Waals surface area contributed by atoms with Gasteiger partial charge >= 0.3 is 5.97 Å². The Hall–Kier alpha value is -0.870. The molecule has 0 saturated carbocycles. The predicted molar refractivity (Wildman–Crippen MR) is 57.1 cm³/mol. The van der Waals surface area contributed by atoms with E-state index in [-0.39, 0.29) is 28.6 Å². The van der Waals surface area contributed by atoms with Crippen molar-refractivity contribution in [3.05, 3.63) is 22.2 Å². The highest BCUT2D eigenvalue weighted by molar-refractivity contribution is 6.34. The van der Waals surface area contributed by atoms with E-state index in [1.165, 1.54) is 13.4 Å². The minimum absolute atomic E-state index is 0.168. The number of methoxy groups -OCH3 is 1. The molecule has 0 aliphatic carbocycles. The molecule has 0 amide bonds. The molecule has 4 nitrogen and oxygen atoms in total. The average Bonchev–Trinajstić information content (AvgIpc) is 2.17. The summed E-state index contributed by atoms with van der Waals surface area (Å²) in [6, 6.07) is 0. The third-order valence-corrected chi connectivity index (χ3v) is 2.58. The van der Waals surface area contributed by atoms with Gasteiger partial charge < -0.3 is 4.74 Å². The molecule has 1 atom stereocenters. The molecule has 0 unspecified atom stereocenters. The summed E-state index contributed by atoms with van der Waals surface area (Å²) in [6.45, 7) is 1.81. The third-order valence-electron chi connectivity index (χ3n) is 1.98. The largest absolute Gasteiger partial charge is 0.469 e. The highest BCUT2D eigenvalue weighted by Gasteiger charge is 2.18. The van der Waals surface area contributed by atoms with Crippen LogP contribution in [0.4, 0.5) is 0 Å². The van der Waals surface area contributed by atoms with E-state index in [2.05, 4.69) is 14.7 Å². The molecular weight excluding hydrogens is 239 g/mol. The number of halogens is 2. The van der Waals surface area contributed by atoms with E-state index in [0.717, 1.165) is 0 Å². The van der Waals surface area contributed by atoms with Gasteiger partial charge in [-0.05, 0) is 5.92 Å². The molecule has 0 aliphatic rings. The molecule has 0 saturated heterocycles. The van der Waals surface area contributed by atoms with Crippen LogP contribution in [0.15, 0.2) is 6.33 Å². The lowest BCUT2D eigenvalue weighted by Gasteiger charge is -2.12. The lowest BCUT2D eigenvalue weighted by atomic mass is 10.0. The van der Waals surface area contributed by atoms with Crippen LogP contribution in [0.5, 0.6) is 0 Å². The molecule has 1 aromatic rings. The number of ether oxygens (including phenoxy) is 1. The molecule has 0 N–H and O–H groups in total. The number of carbonyl (C=O) groups excluding carboxylic acids is 1. The first-order valence-electron chi connectivity index (χ1n) is 4.29. The fourth-order valence-electron chi connectivity index (χ4n) is 1.20. The van der Waals surface area contributed by atoms with Gasteiger partial charge in [0, 0.05) is 5.56 Å². The lowest BCUT2D eigenvalue weighted by molar-refractivity contribution is -0.140. The Balaban J connectivity index is 2.90. The van der Waals surface area contributed by atoms with Crippen LogP contribution in [0.25, 0.3) is 0 Å². The van der Waals surface area contributed by atoms with Crippen molar-refractivity contribution < 1.29 is 9.53 Å². The second kappa shape index (κ2) is 5.28. The number of hydrogen-bond acceptors (Lipinski definition) is 4. The number of hydrogen-bond donors (Lipinski definition) is 0. The SMILES string of the molecule is COC(=O)C[C@H](C)c1c(Cl)ncnc1Cl. The summed E-state index contributed by atoms with van der Waals surface area (Å²) in [4.78, 5) is 18.7. The minimum Gasteiger partial charge on any atom is -0.469 e. The molecule has 0 aromatic carbocycles. The van der Waals surface area contributed by atoms with Gasteiger partial charge in [-0.1, -0.05) is 30.1 Å². The van der Waals surface area contributed by atoms with Crippen LogP contribution in [-0.4, -0.2) is 23.0 Å². The summed E-state index contributed by atoms with van der Waals surface area (Å²) in [6.07, 6.45) is 1.47. The predicted octanol–water partition coefficient (Wildman–Crippen LogP) is 2.45. The van der Waals surface area contributed by atoms with Crippen molar-refractivity contribution in [2.75, 3.05) is 7.11 Å². The van der Waals surface area contributed by atoms with Crippen LogP contribution < -0.4 is 0 Å². The first-order chi connectivity index (χ1) is 7.06. The Morgan fingerprint density at radius 3 is 2.47 bits per heavy atom. The zero-order chi connectivity index (χ0) is 11.4. The van der Waals surface area contributed by atoms with Crippen molar-refractivity contribution in [2.45, 2.75) is 19.3 Å². The maximum atomic E-state index is 11.1. The fourth-order valence-corrected chi connectivity index (χ4v) is 1.88. The van der Waals surface area contributed by atoms with Gasteiger partial charge in [0.25, 0.3) is 0 Å². The van der Waals surface area contributed by atoms with E-state index in [4.69, 9.17) is 23.2 Å². The van der Waals surface area contributed by atoms with Gasteiger partial charge in [0.05, 0.1) is 13.5 Å². The monoisotopic (exact) mass is 248 g/mol. The lowest BCUT2D eigenvalue weighted by Crippen LogP contribution is -2.08. The fraction of sp³-hybridized carbons (Fsp3) is 0.444. The van der Waals surface area contributed by atoms with Gasteiger partial charge in [-0.2, -0.15) is 0 Å². The molecule has 82 valence electrons. The van der Waals surface area contributed by atoms with Gasteiger partial charge in [0.2, 0.25) is 0 Å². The van der Waals surface area contributed by atoms with Gasteiger partial charge in [0.15, 0.2) is 0 Å². The van der Waals surface area contributed by atoms with Crippen molar-refractivity contribution in [3.8, 4) is 0 Å². The van der Waals surface area contributed by atoms with Crippen LogP contribution >= 0.6 is 23.2 Å².